The molecule has 8 heteroatoms. The Morgan fingerprint density at radius 2 is 2.00 bits per heavy atom. The van der Waals surface area contributed by atoms with Crippen molar-refractivity contribution in [3.05, 3.63) is 0 Å². The fourth-order valence-corrected chi connectivity index (χ4v) is 4.14. The van der Waals surface area contributed by atoms with Crippen molar-refractivity contribution in [1.82, 2.24) is 14.9 Å². The molecule has 102 valence electrons. The largest absolute Gasteiger partial charge is 0.374 e. The number of anilines is 1. The highest BCUT2D eigenvalue weighted by Gasteiger charge is 2.20. The summed E-state index contributed by atoms with van der Waals surface area (Å²) in [5, 5.41) is 7.22. The van der Waals surface area contributed by atoms with Crippen molar-refractivity contribution in [2.45, 2.75) is 42.9 Å². The van der Waals surface area contributed by atoms with E-state index in [0.29, 0.717) is 12.5 Å². The minimum absolute atomic E-state index is 0.0522. The summed E-state index contributed by atoms with van der Waals surface area (Å²) in [7, 11) is -3.53. The molecule has 0 aliphatic heterocycles. The second-order valence-electron chi connectivity index (χ2n) is 4.60. The number of hydrogen-bond donors (Lipinski definition) is 2. The van der Waals surface area contributed by atoms with Crippen molar-refractivity contribution in [2.24, 2.45) is 5.92 Å². The van der Waals surface area contributed by atoms with Gasteiger partial charge in [-0.05, 0) is 12.3 Å². The lowest BCUT2D eigenvalue weighted by Crippen LogP contribution is -2.26. The number of hydrogen-bond acceptors (Lipinski definition) is 6. The predicted octanol–water partition coefficient (Wildman–Crippen LogP) is 1.37. The Balaban J connectivity index is 1.82. The standard InChI is InChI=1S/C10H18N4O2S2/c11-9-13-14-10(17-9)18(15,16)12-7-6-8-4-2-1-3-5-8/h8,12H,1-7H2,(H2,11,13). The van der Waals surface area contributed by atoms with Crippen LogP contribution in [0.3, 0.4) is 0 Å². The van der Waals surface area contributed by atoms with Crippen LogP contribution in [-0.2, 0) is 10.0 Å². The molecule has 0 amide bonds. The predicted molar refractivity (Wildman–Crippen MR) is 70.7 cm³/mol. The van der Waals surface area contributed by atoms with Crippen molar-refractivity contribution in [3.63, 3.8) is 0 Å². The van der Waals surface area contributed by atoms with Gasteiger partial charge in [-0.2, -0.15) is 0 Å². The first kappa shape index (κ1) is 13.7. The summed E-state index contributed by atoms with van der Waals surface area (Å²) in [6, 6.07) is 0. The van der Waals surface area contributed by atoms with Gasteiger partial charge in [0, 0.05) is 6.54 Å². The molecule has 1 aliphatic carbocycles. The normalized spacial score (nSPS) is 18.0. The van der Waals surface area contributed by atoms with E-state index in [0.717, 1.165) is 17.8 Å². The Hall–Kier alpha value is -0.730. The maximum absolute atomic E-state index is 11.8. The maximum Gasteiger partial charge on any atom is 0.269 e. The van der Waals surface area contributed by atoms with E-state index in [1.165, 1.54) is 32.1 Å². The first-order chi connectivity index (χ1) is 8.58. The second-order valence-corrected chi connectivity index (χ2v) is 7.55. The molecule has 0 saturated heterocycles. The Morgan fingerprint density at radius 3 is 2.61 bits per heavy atom. The average Bonchev–Trinajstić information content (AvgIpc) is 2.78. The minimum atomic E-state index is -3.53. The molecule has 0 atom stereocenters. The lowest BCUT2D eigenvalue weighted by atomic mass is 9.87. The third-order valence-corrected chi connectivity index (χ3v) is 5.80. The van der Waals surface area contributed by atoms with Crippen molar-refractivity contribution >= 4 is 26.5 Å². The van der Waals surface area contributed by atoms with Gasteiger partial charge in [-0.1, -0.05) is 43.4 Å². The fraction of sp³-hybridized carbons (Fsp3) is 0.800. The highest BCUT2D eigenvalue weighted by atomic mass is 32.2. The lowest BCUT2D eigenvalue weighted by molar-refractivity contribution is 0.339. The molecule has 1 aromatic heterocycles. The van der Waals surface area contributed by atoms with Gasteiger partial charge in [0.1, 0.15) is 0 Å². The van der Waals surface area contributed by atoms with E-state index >= 15 is 0 Å². The van der Waals surface area contributed by atoms with Crippen molar-refractivity contribution in [1.29, 1.82) is 0 Å². The van der Waals surface area contributed by atoms with E-state index in [4.69, 9.17) is 5.73 Å². The van der Waals surface area contributed by atoms with Crippen molar-refractivity contribution in [2.75, 3.05) is 12.3 Å². The number of sulfonamides is 1. The van der Waals surface area contributed by atoms with Crippen LogP contribution in [0.15, 0.2) is 4.34 Å². The van der Waals surface area contributed by atoms with Crippen LogP contribution >= 0.6 is 11.3 Å². The molecule has 1 aromatic rings. The Kier molecular flexibility index (Phi) is 4.52. The number of rotatable bonds is 5. The molecule has 0 unspecified atom stereocenters. The van der Waals surface area contributed by atoms with Crippen molar-refractivity contribution < 1.29 is 8.42 Å². The molecule has 0 bridgehead atoms. The lowest BCUT2D eigenvalue weighted by Gasteiger charge is -2.21. The Morgan fingerprint density at radius 1 is 1.28 bits per heavy atom. The van der Waals surface area contributed by atoms with E-state index in [9.17, 15) is 8.42 Å². The van der Waals surface area contributed by atoms with Gasteiger partial charge in [-0.15, -0.1) is 10.2 Å². The van der Waals surface area contributed by atoms with Gasteiger partial charge >= 0.3 is 0 Å². The molecule has 1 saturated carbocycles. The van der Waals surface area contributed by atoms with Crippen LogP contribution in [0.1, 0.15) is 38.5 Å². The fourth-order valence-electron chi connectivity index (χ4n) is 2.26. The molecule has 0 spiro atoms. The number of nitrogens with zero attached hydrogens (tertiary/aromatic N) is 2. The monoisotopic (exact) mass is 290 g/mol. The summed E-state index contributed by atoms with van der Waals surface area (Å²) in [5.41, 5.74) is 5.37. The smallest absolute Gasteiger partial charge is 0.269 e. The zero-order valence-electron chi connectivity index (χ0n) is 10.1. The van der Waals surface area contributed by atoms with Crippen molar-refractivity contribution in [3.8, 4) is 0 Å². The number of nitrogens with one attached hydrogen (secondary N) is 1. The molecular formula is C10H18N4O2S2. The summed E-state index contributed by atoms with van der Waals surface area (Å²) < 4.78 is 26.2. The van der Waals surface area contributed by atoms with Gasteiger partial charge in [0.15, 0.2) is 0 Å². The van der Waals surface area contributed by atoms with E-state index in [1.54, 1.807) is 0 Å². The van der Waals surface area contributed by atoms with Gasteiger partial charge in [0.25, 0.3) is 10.0 Å². The topological polar surface area (TPSA) is 98.0 Å². The van der Waals surface area contributed by atoms with Crippen LogP contribution in [0.25, 0.3) is 0 Å². The summed E-state index contributed by atoms with van der Waals surface area (Å²) >= 11 is 0.886. The first-order valence-electron chi connectivity index (χ1n) is 6.16. The van der Waals surface area contributed by atoms with Gasteiger partial charge in [0.05, 0.1) is 0 Å². The third kappa shape index (κ3) is 3.63. The molecule has 1 fully saturated rings. The Labute approximate surface area is 111 Å². The summed E-state index contributed by atoms with van der Waals surface area (Å²) in [4.78, 5) is 0. The molecule has 1 heterocycles. The van der Waals surface area contributed by atoms with Crippen LogP contribution in [0, 0.1) is 5.92 Å². The molecule has 18 heavy (non-hydrogen) atoms. The van der Waals surface area contributed by atoms with E-state index in [2.05, 4.69) is 14.9 Å². The highest BCUT2D eigenvalue weighted by molar-refractivity contribution is 7.91. The zero-order valence-corrected chi connectivity index (χ0v) is 11.8. The summed E-state index contributed by atoms with van der Waals surface area (Å²) in [5.74, 6) is 0.654. The van der Waals surface area contributed by atoms with Crippen LogP contribution < -0.4 is 10.5 Å². The van der Waals surface area contributed by atoms with E-state index in [1.807, 2.05) is 0 Å². The number of nitrogens with two attached hydrogens (primary N) is 1. The molecular weight excluding hydrogens is 272 g/mol. The third-order valence-electron chi connectivity index (χ3n) is 3.22. The number of aromatic nitrogens is 2. The van der Waals surface area contributed by atoms with Gasteiger partial charge < -0.3 is 5.73 Å². The first-order valence-corrected chi connectivity index (χ1v) is 8.46. The van der Waals surface area contributed by atoms with Gasteiger partial charge in [0.2, 0.25) is 9.47 Å². The van der Waals surface area contributed by atoms with E-state index in [-0.39, 0.29) is 9.47 Å². The molecule has 0 radical (unpaired) electrons. The van der Waals surface area contributed by atoms with Gasteiger partial charge in [-0.25, -0.2) is 13.1 Å². The van der Waals surface area contributed by atoms with Crippen LogP contribution in [0.4, 0.5) is 5.13 Å². The molecule has 0 aromatic carbocycles. The molecule has 6 nitrogen and oxygen atoms in total. The highest BCUT2D eigenvalue weighted by Crippen LogP contribution is 2.26. The molecule has 2 rings (SSSR count). The summed E-state index contributed by atoms with van der Waals surface area (Å²) in [6.07, 6.45) is 7.18. The second kappa shape index (κ2) is 5.94. The SMILES string of the molecule is Nc1nnc(S(=O)(=O)NCCC2CCCCC2)s1. The average molecular weight is 290 g/mol. The maximum atomic E-state index is 11.8. The zero-order chi connectivity index (χ0) is 13.0. The Bertz CT molecular complexity index is 480. The molecule has 1 aliphatic rings. The minimum Gasteiger partial charge on any atom is -0.374 e. The number of nitrogen functional groups attached to an aromatic ring is 1. The van der Waals surface area contributed by atoms with Crippen LogP contribution in [0.2, 0.25) is 0 Å². The van der Waals surface area contributed by atoms with Gasteiger partial charge in [-0.3, -0.25) is 0 Å². The van der Waals surface area contributed by atoms with Crippen LogP contribution in [-0.4, -0.2) is 25.2 Å². The van der Waals surface area contributed by atoms with Crippen LogP contribution in [0.5, 0.6) is 0 Å². The molecule has 3 N–H and O–H groups in total. The quantitative estimate of drug-likeness (QED) is 0.853. The van der Waals surface area contributed by atoms with E-state index < -0.39 is 10.0 Å². The summed E-state index contributed by atoms with van der Waals surface area (Å²) in [6.45, 7) is 0.465.